The van der Waals surface area contributed by atoms with Crippen LogP contribution >= 0.6 is 0 Å². The summed E-state index contributed by atoms with van der Waals surface area (Å²) in [6.07, 6.45) is 2.06. The zero-order valence-corrected chi connectivity index (χ0v) is 20.2. The number of ketones is 1. The zero-order chi connectivity index (χ0) is 25.1. The summed E-state index contributed by atoms with van der Waals surface area (Å²) in [4.78, 5) is 38.8. The van der Waals surface area contributed by atoms with E-state index in [0.29, 0.717) is 17.2 Å². The molecule has 1 saturated heterocycles. The van der Waals surface area contributed by atoms with E-state index in [4.69, 9.17) is 4.74 Å². The summed E-state index contributed by atoms with van der Waals surface area (Å²) >= 11 is 0. The molecule has 4 rings (SSSR count). The topological polar surface area (TPSA) is 94.7 Å². The standard InChI is InChI=1S/C27H29N3O5/c1-18-8-7-13-28(16-18)24-12-11-21(15-25(24)30(33)34)27(32)35-17-26(31)23-14-19(2)29(20(23)3)22-9-5-4-6-10-22/h4-6,9-12,14-15,18H,7-8,13,16-17H2,1-3H3/t18-/m0/s1. The average Bonchev–Trinajstić information content (AvgIpc) is 3.16. The lowest BCUT2D eigenvalue weighted by molar-refractivity contribution is -0.384. The van der Waals surface area contributed by atoms with Crippen molar-refractivity contribution >= 4 is 23.1 Å². The zero-order valence-electron chi connectivity index (χ0n) is 20.2. The van der Waals surface area contributed by atoms with Crippen LogP contribution in [0.1, 0.15) is 51.9 Å². The van der Waals surface area contributed by atoms with Gasteiger partial charge in [-0.3, -0.25) is 14.9 Å². The first-order valence-corrected chi connectivity index (χ1v) is 11.7. The predicted molar refractivity (Wildman–Crippen MR) is 134 cm³/mol. The molecule has 0 spiro atoms. The van der Waals surface area contributed by atoms with Crippen LogP contribution in [0.3, 0.4) is 0 Å². The van der Waals surface area contributed by atoms with Crippen molar-refractivity contribution in [2.24, 2.45) is 5.92 Å². The number of para-hydroxylation sites is 1. The fourth-order valence-electron chi connectivity index (χ4n) is 4.78. The van der Waals surface area contributed by atoms with Crippen LogP contribution in [0, 0.1) is 29.9 Å². The minimum Gasteiger partial charge on any atom is -0.454 e. The number of aromatic nitrogens is 1. The van der Waals surface area contributed by atoms with Gasteiger partial charge in [0.25, 0.3) is 5.69 Å². The Kier molecular flexibility index (Phi) is 7.00. The number of nitro benzene ring substituents is 1. The number of hydrogen-bond acceptors (Lipinski definition) is 6. The summed E-state index contributed by atoms with van der Waals surface area (Å²) in [5, 5.41) is 11.7. The van der Waals surface area contributed by atoms with Gasteiger partial charge in [-0.1, -0.05) is 25.1 Å². The van der Waals surface area contributed by atoms with E-state index in [9.17, 15) is 19.7 Å². The SMILES string of the molecule is Cc1cc(C(=O)COC(=O)c2ccc(N3CCC[C@H](C)C3)c([N+](=O)[O-])c2)c(C)n1-c1ccccc1. The Labute approximate surface area is 204 Å². The molecule has 8 nitrogen and oxygen atoms in total. The predicted octanol–water partition coefficient (Wildman–Crippen LogP) is 5.28. The third-order valence-corrected chi connectivity index (χ3v) is 6.49. The molecule has 35 heavy (non-hydrogen) atoms. The number of carbonyl (C=O) groups is 2. The monoisotopic (exact) mass is 475 g/mol. The molecular weight excluding hydrogens is 446 g/mol. The van der Waals surface area contributed by atoms with Crippen molar-refractivity contribution in [2.45, 2.75) is 33.6 Å². The van der Waals surface area contributed by atoms with Crippen molar-refractivity contribution in [1.82, 2.24) is 4.57 Å². The highest BCUT2D eigenvalue weighted by Gasteiger charge is 2.26. The molecule has 0 N–H and O–H groups in total. The molecular formula is C27H29N3O5. The van der Waals surface area contributed by atoms with Crippen molar-refractivity contribution in [2.75, 3.05) is 24.6 Å². The summed E-state index contributed by atoms with van der Waals surface area (Å²) in [7, 11) is 0. The minimum absolute atomic E-state index is 0.0491. The lowest BCUT2D eigenvalue weighted by Crippen LogP contribution is -2.34. The van der Waals surface area contributed by atoms with Crippen LogP contribution in [0.25, 0.3) is 5.69 Å². The quantitative estimate of drug-likeness (QED) is 0.200. The van der Waals surface area contributed by atoms with E-state index >= 15 is 0 Å². The molecule has 0 radical (unpaired) electrons. The van der Waals surface area contributed by atoms with Gasteiger partial charge in [0.15, 0.2) is 6.61 Å². The fourth-order valence-corrected chi connectivity index (χ4v) is 4.78. The van der Waals surface area contributed by atoms with Gasteiger partial charge in [-0.25, -0.2) is 4.79 Å². The number of aryl methyl sites for hydroxylation is 1. The van der Waals surface area contributed by atoms with Crippen LogP contribution < -0.4 is 4.90 Å². The molecule has 2 aromatic carbocycles. The number of nitrogens with zero attached hydrogens (tertiary/aromatic N) is 3. The Morgan fingerprint density at radius 1 is 1.11 bits per heavy atom. The number of esters is 1. The smallest absolute Gasteiger partial charge is 0.338 e. The number of hydrogen-bond donors (Lipinski definition) is 0. The van der Waals surface area contributed by atoms with Crippen LogP contribution in [0.5, 0.6) is 0 Å². The molecule has 2 heterocycles. The summed E-state index contributed by atoms with van der Waals surface area (Å²) in [6.45, 7) is 6.91. The Balaban J connectivity index is 1.48. The number of rotatable bonds is 7. The Bertz CT molecular complexity index is 1270. The van der Waals surface area contributed by atoms with Gasteiger partial charge < -0.3 is 14.2 Å². The molecule has 8 heteroatoms. The van der Waals surface area contributed by atoms with Crippen molar-refractivity contribution in [3.8, 4) is 5.69 Å². The molecule has 0 saturated carbocycles. The van der Waals surface area contributed by atoms with Crippen LogP contribution in [0.4, 0.5) is 11.4 Å². The molecule has 0 bridgehead atoms. The highest BCUT2D eigenvalue weighted by atomic mass is 16.6. The van der Waals surface area contributed by atoms with E-state index in [2.05, 4.69) is 6.92 Å². The lowest BCUT2D eigenvalue weighted by atomic mass is 9.99. The van der Waals surface area contributed by atoms with Crippen molar-refractivity contribution in [3.63, 3.8) is 0 Å². The maximum atomic E-state index is 12.9. The first kappa shape index (κ1) is 24.2. The maximum Gasteiger partial charge on any atom is 0.338 e. The van der Waals surface area contributed by atoms with Gasteiger partial charge in [0.05, 0.1) is 10.5 Å². The third kappa shape index (κ3) is 5.11. The summed E-state index contributed by atoms with van der Waals surface area (Å²) in [5.74, 6) is -0.651. The van der Waals surface area contributed by atoms with Crippen molar-refractivity contribution in [3.05, 3.63) is 87.2 Å². The average molecular weight is 476 g/mol. The number of anilines is 1. The van der Waals surface area contributed by atoms with Crippen molar-refractivity contribution in [1.29, 1.82) is 0 Å². The fraction of sp³-hybridized carbons (Fsp3) is 0.333. The molecule has 1 aliphatic rings. The summed E-state index contributed by atoms with van der Waals surface area (Å²) in [6, 6.07) is 15.8. The van der Waals surface area contributed by atoms with Gasteiger partial charge in [0.2, 0.25) is 5.78 Å². The van der Waals surface area contributed by atoms with Gasteiger partial charge in [-0.05, 0) is 62.9 Å². The van der Waals surface area contributed by atoms with Crippen molar-refractivity contribution < 1.29 is 19.2 Å². The number of carbonyl (C=O) groups excluding carboxylic acids is 2. The minimum atomic E-state index is -0.767. The van der Waals surface area contributed by atoms with Gasteiger partial charge in [-0.2, -0.15) is 0 Å². The number of benzene rings is 2. The normalized spacial score (nSPS) is 15.6. The van der Waals surface area contributed by atoms with Gasteiger partial charge in [0, 0.05) is 41.8 Å². The number of Topliss-reactive ketones (excluding diaryl/α,β-unsaturated/α-hetero) is 1. The van der Waals surface area contributed by atoms with Gasteiger partial charge in [-0.15, -0.1) is 0 Å². The Morgan fingerprint density at radius 3 is 2.54 bits per heavy atom. The van der Waals surface area contributed by atoms with Crippen LogP contribution in [-0.2, 0) is 4.74 Å². The molecule has 1 fully saturated rings. The van der Waals surface area contributed by atoms with E-state index in [-0.39, 0.29) is 17.0 Å². The molecule has 0 unspecified atom stereocenters. The first-order valence-electron chi connectivity index (χ1n) is 11.7. The van der Waals surface area contributed by atoms with E-state index in [1.54, 1.807) is 12.1 Å². The molecule has 1 aliphatic heterocycles. The molecule has 1 atom stereocenters. The van der Waals surface area contributed by atoms with Gasteiger partial charge in [0.1, 0.15) is 5.69 Å². The lowest BCUT2D eigenvalue weighted by Gasteiger charge is -2.32. The number of piperidine rings is 1. The Morgan fingerprint density at radius 2 is 1.86 bits per heavy atom. The Hall–Kier alpha value is -3.94. The van der Waals surface area contributed by atoms with Crippen LogP contribution in [0.2, 0.25) is 0 Å². The number of nitro groups is 1. The highest BCUT2D eigenvalue weighted by Crippen LogP contribution is 2.32. The molecule has 3 aromatic rings. The molecule has 0 aliphatic carbocycles. The van der Waals surface area contributed by atoms with E-state index in [1.807, 2.05) is 53.6 Å². The maximum absolute atomic E-state index is 12.9. The number of ether oxygens (including phenoxy) is 1. The molecule has 0 amide bonds. The second-order valence-corrected chi connectivity index (χ2v) is 9.11. The summed E-state index contributed by atoms with van der Waals surface area (Å²) < 4.78 is 7.23. The van der Waals surface area contributed by atoms with E-state index in [0.717, 1.165) is 43.0 Å². The second-order valence-electron chi connectivity index (χ2n) is 9.11. The van der Waals surface area contributed by atoms with Crippen LogP contribution in [0.15, 0.2) is 54.6 Å². The summed E-state index contributed by atoms with van der Waals surface area (Å²) in [5.41, 5.74) is 3.47. The third-order valence-electron chi connectivity index (χ3n) is 6.49. The second kappa shape index (κ2) is 10.1. The highest BCUT2D eigenvalue weighted by molar-refractivity contribution is 6.00. The molecule has 1 aromatic heterocycles. The van der Waals surface area contributed by atoms with Gasteiger partial charge >= 0.3 is 5.97 Å². The van der Waals surface area contributed by atoms with Crippen LogP contribution in [-0.4, -0.2) is 40.9 Å². The largest absolute Gasteiger partial charge is 0.454 e. The van der Waals surface area contributed by atoms with E-state index in [1.165, 1.54) is 12.1 Å². The molecule has 182 valence electrons. The van der Waals surface area contributed by atoms with E-state index < -0.39 is 17.5 Å². The first-order chi connectivity index (χ1) is 16.8.